The zero-order valence-electron chi connectivity index (χ0n) is 10.7. The van der Waals surface area contributed by atoms with Gasteiger partial charge in [-0.25, -0.2) is 0 Å². The summed E-state index contributed by atoms with van der Waals surface area (Å²) in [5, 5.41) is 0. The molecule has 0 aliphatic heterocycles. The van der Waals surface area contributed by atoms with Gasteiger partial charge >= 0.3 is 140 Å². The molecule has 2 nitrogen and oxygen atoms in total. The van der Waals surface area contributed by atoms with Crippen LogP contribution in [0.25, 0.3) is 0 Å². The molecule has 2 aromatic carbocycles. The van der Waals surface area contributed by atoms with E-state index in [2.05, 4.69) is 64.4 Å². The van der Waals surface area contributed by atoms with Crippen molar-refractivity contribution in [1.29, 1.82) is 0 Å². The van der Waals surface area contributed by atoms with Crippen molar-refractivity contribution < 1.29 is 16.5 Å². The maximum absolute atomic E-state index is 6.13. The van der Waals surface area contributed by atoms with Gasteiger partial charge in [0.1, 0.15) is 0 Å². The summed E-state index contributed by atoms with van der Waals surface area (Å²) >= 11 is 4.69. The van der Waals surface area contributed by atoms with Crippen molar-refractivity contribution in [3.05, 3.63) is 59.7 Å². The Hall–Kier alpha value is 0.214. The fraction of sp³-hybridized carbons (Fsp3) is 0.143. The standard InChI is InChI=1S/2C7H8O.2HI.Ti/c2*1-6-4-2-3-5-7(6)8;;;/h2*2-5,8H,1H3;2*1H;/q;;;;+4/p-4. The third-order valence-electron chi connectivity index (χ3n) is 2.64. The van der Waals surface area contributed by atoms with Crippen LogP contribution < -0.4 is 6.64 Å². The van der Waals surface area contributed by atoms with Crippen LogP contribution in [0.1, 0.15) is 11.1 Å². The van der Waals surface area contributed by atoms with E-state index in [-0.39, 0.29) is 0 Å². The van der Waals surface area contributed by atoms with Gasteiger partial charge in [0.05, 0.1) is 0 Å². The number of rotatable bonds is 4. The number of hydrogen-bond acceptors (Lipinski definition) is 2. The molecule has 0 unspecified atom stereocenters. The van der Waals surface area contributed by atoms with Crippen LogP contribution in [0, 0.1) is 13.8 Å². The van der Waals surface area contributed by atoms with Gasteiger partial charge in [-0.15, -0.1) is 0 Å². The Bertz CT molecular complexity index is 523. The zero-order chi connectivity index (χ0) is 13.9. The number of hydrogen-bond donors (Lipinski definition) is 0. The molecule has 0 saturated carbocycles. The van der Waals surface area contributed by atoms with Gasteiger partial charge in [0.2, 0.25) is 0 Å². The summed E-state index contributed by atoms with van der Waals surface area (Å²) in [4.78, 5) is 0. The molecular weight excluding hydrogens is 502 g/mol. The molecule has 0 N–H and O–H groups in total. The molecule has 0 aromatic heterocycles. The summed E-state index contributed by atoms with van der Waals surface area (Å²) in [5.41, 5.74) is 2.28. The van der Waals surface area contributed by atoms with Crippen LogP contribution >= 0.6 is 38.4 Å². The van der Waals surface area contributed by atoms with Crippen molar-refractivity contribution in [1.82, 2.24) is 0 Å². The zero-order valence-corrected chi connectivity index (χ0v) is 16.6. The second-order valence-electron chi connectivity index (χ2n) is 4.20. The second-order valence-corrected chi connectivity index (χ2v) is 26.5. The van der Waals surface area contributed by atoms with Crippen molar-refractivity contribution >= 4 is 38.4 Å². The van der Waals surface area contributed by atoms with E-state index in [1.807, 2.05) is 36.4 Å². The number of aryl methyl sites for hydroxylation is 2. The van der Waals surface area contributed by atoms with E-state index in [1.165, 1.54) is 0 Å². The molecule has 0 spiro atoms. The molecule has 2 aromatic rings. The topological polar surface area (TPSA) is 18.5 Å². The third kappa shape index (κ3) is 4.61. The van der Waals surface area contributed by atoms with Crippen molar-refractivity contribution in [2.45, 2.75) is 13.8 Å². The molecule has 2 rings (SSSR count). The SMILES string of the molecule is Cc1ccccc1[O][Ti]([I])([I])[O]c1ccccc1C. The Morgan fingerprint density at radius 2 is 1.11 bits per heavy atom. The van der Waals surface area contributed by atoms with Gasteiger partial charge in [-0.3, -0.25) is 0 Å². The Morgan fingerprint density at radius 3 is 1.47 bits per heavy atom. The van der Waals surface area contributed by atoms with E-state index in [1.54, 1.807) is 0 Å². The van der Waals surface area contributed by atoms with Crippen LogP contribution in [-0.4, -0.2) is 0 Å². The molecule has 100 valence electrons. The van der Waals surface area contributed by atoms with E-state index in [9.17, 15) is 0 Å². The Balaban J connectivity index is 2.15. The Kier molecular flexibility index (Phi) is 5.57. The molecule has 0 fully saturated rings. The van der Waals surface area contributed by atoms with Crippen LogP contribution in [0.3, 0.4) is 0 Å². The number of para-hydroxylation sites is 2. The van der Waals surface area contributed by atoms with Gasteiger partial charge in [-0.1, -0.05) is 0 Å². The molecule has 5 heteroatoms. The first-order valence-electron chi connectivity index (χ1n) is 5.85. The summed E-state index contributed by atoms with van der Waals surface area (Å²) in [6.07, 6.45) is 0. The van der Waals surface area contributed by atoms with Crippen LogP contribution in [-0.2, 0) is 9.87 Å². The Morgan fingerprint density at radius 1 is 0.737 bits per heavy atom. The van der Waals surface area contributed by atoms with E-state index in [0.717, 1.165) is 22.6 Å². The first kappa shape index (κ1) is 15.6. The average molecular weight is 516 g/mol. The van der Waals surface area contributed by atoms with E-state index < -0.39 is 9.87 Å². The second kappa shape index (κ2) is 6.78. The molecule has 0 aliphatic rings. The molecule has 0 bridgehead atoms. The van der Waals surface area contributed by atoms with E-state index in [0.29, 0.717) is 0 Å². The van der Waals surface area contributed by atoms with Crippen LogP contribution in [0.2, 0.25) is 0 Å². The maximum atomic E-state index is 6.13. The van der Waals surface area contributed by atoms with Gasteiger partial charge < -0.3 is 0 Å². The predicted molar refractivity (Wildman–Crippen MR) is 91.7 cm³/mol. The average Bonchev–Trinajstić information content (AvgIpc) is 2.35. The summed E-state index contributed by atoms with van der Waals surface area (Å²) in [7, 11) is -2.85. The van der Waals surface area contributed by atoms with Crippen molar-refractivity contribution in [2.24, 2.45) is 0 Å². The molecule has 0 radical (unpaired) electrons. The molecule has 0 amide bonds. The molecule has 0 atom stereocenters. The third-order valence-corrected chi connectivity index (χ3v) is 7.71. The van der Waals surface area contributed by atoms with Crippen molar-refractivity contribution in [2.75, 3.05) is 0 Å². The monoisotopic (exact) mass is 516 g/mol. The molecule has 0 aliphatic carbocycles. The van der Waals surface area contributed by atoms with Gasteiger partial charge in [0.15, 0.2) is 0 Å². The first-order chi connectivity index (χ1) is 8.98. The minimum atomic E-state index is -2.85. The van der Waals surface area contributed by atoms with Gasteiger partial charge in [0.25, 0.3) is 0 Å². The first-order valence-corrected chi connectivity index (χ1v) is 17.2. The molecule has 0 heterocycles. The van der Waals surface area contributed by atoms with E-state index in [4.69, 9.17) is 6.64 Å². The quantitative estimate of drug-likeness (QED) is 0.398. The van der Waals surface area contributed by atoms with Crippen LogP contribution in [0.15, 0.2) is 48.5 Å². The van der Waals surface area contributed by atoms with Crippen molar-refractivity contribution in [3.63, 3.8) is 0 Å². The van der Waals surface area contributed by atoms with Gasteiger partial charge in [-0.2, -0.15) is 0 Å². The fourth-order valence-electron chi connectivity index (χ4n) is 1.62. The summed E-state index contributed by atoms with van der Waals surface area (Å²) in [5.74, 6) is 1.83. The van der Waals surface area contributed by atoms with Crippen LogP contribution in [0.5, 0.6) is 11.5 Å². The Labute approximate surface area is 138 Å². The summed E-state index contributed by atoms with van der Waals surface area (Å²) in [6.45, 7) is 4.10. The molecule has 19 heavy (non-hydrogen) atoms. The summed E-state index contributed by atoms with van der Waals surface area (Å²) < 4.78 is 12.3. The predicted octanol–water partition coefficient (Wildman–Crippen LogP) is 5.45. The van der Waals surface area contributed by atoms with Gasteiger partial charge in [0, 0.05) is 0 Å². The normalized spacial score (nSPS) is 11.2. The number of benzene rings is 2. The number of halogens is 2. The van der Waals surface area contributed by atoms with Crippen LogP contribution in [0.4, 0.5) is 0 Å². The molecular formula is C14H14I2O2Ti. The minimum absolute atomic E-state index is 0.917. The fourth-order valence-corrected chi connectivity index (χ4v) is 7.11. The van der Waals surface area contributed by atoms with Crippen molar-refractivity contribution in [3.8, 4) is 11.5 Å². The van der Waals surface area contributed by atoms with E-state index >= 15 is 0 Å². The van der Waals surface area contributed by atoms with Gasteiger partial charge in [-0.05, 0) is 0 Å². The molecule has 0 saturated heterocycles. The summed E-state index contributed by atoms with van der Waals surface area (Å²) in [6, 6.07) is 16.1.